The van der Waals surface area contributed by atoms with Gasteiger partial charge in [-0.15, -0.1) is 0 Å². The van der Waals surface area contributed by atoms with Crippen molar-refractivity contribution in [1.29, 1.82) is 0 Å². The molecule has 1 aromatic rings. The zero-order chi connectivity index (χ0) is 14.0. The fourth-order valence-corrected chi connectivity index (χ4v) is 4.07. The Morgan fingerprint density at radius 1 is 0.900 bits per heavy atom. The smallest absolute Gasteiger partial charge is 0.336 e. The van der Waals surface area contributed by atoms with Gasteiger partial charge < -0.3 is 10.2 Å². The second-order valence-electron chi connectivity index (χ2n) is 5.58. The van der Waals surface area contributed by atoms with Gasteiger partial charge in [0.15, 0.2) is 0 Å². The maximum absolute atomic E-state index is 11.6. The van der Waals surface area contributed by atoms with E-state index in [0.29, 0.717) is 17.4 Å². The number of allylic oxidation sites excluding steroid dienone is 4. The molecule has 1 aromatic carbocycles. The fourth-order valence-electron chi connectivity index (χ4n) is 4.07. The second-order valence-corrected chi connectivity index (χ2v) is 5.58. The van der Waals surface area contributed by atoms with E-state index in [9.17, 15) is 19.8 Å². The summed E-state index contributed by atoms with van der Waals surface area (Å²) in [6.07, 6.45) is 8.44. The van der Waals surface area contributed by atoms with E-state index in [4.69, 9.17) is 0 Å². The Morgan fingerprint density at radius 3 is 2.25 bits per heavy atom. The lowest BCUT2D eigenvalue weighted by Gasteiger charge is -2.15. The maximum atomic E-state index is 11.6. The Kier molecular flexibility index (Phi) is 2.06. The van der Waals surface area contributed by atoms with Crippen LogP contribution in [0.3, 0.4) is 0 Å². The molecule has 0 unspecified atom stereocenters. The first-order chi connectivity index (χ1) is 9.59. The number of carbonyl (C=O) groups is 2. The lowest BCUT2D eigenvalue weighted by molar-refractivity contribution is 0.0650. The lowest BCUT2D eigenvalue weighted by Crippen LogP contribution is -2.13. The number of carboxylic acids is 2. The predicted octanol–water partition coefficient (Wildman–Crippen LogP) is 2.64. The average Bonchev–Trinajstić information content (AvgIpc) is 3.05. The summed E-state index contributed by atoms with van der Waals surface area (Å²) in [7, 11) is 0. The standard InChI is InChI=1S/C16H12O4/c17-15(18)11-6-5-9-8-3-1-7-2-4-10(12(7)8)13(9)14(11)16(19)20/h1-8,10,12H,(H,17,18)(H,19,20)/t7-,8+,10+,12+/m0/s1. The molecular formula is C16H12O4. The van der Waals surface area contributed by atoms with Crippen LogP contribution in [0, 0.1) is 11.8 Å². The maximum Gasteiger partial charge on any atom is 0.336 e. The van der Waals surface area contributed by atoms with Gasteiger partial charge in [0.2, 0.25) is 0 Å². The van der Waals surface area contributed by atoms with E-state index >= 15 is 0 Å². The molecule has 0 heterocycles. The molecule has 3 aliphatic carbocycles. The normalized spacial score (nSPS) is 31.4. The summed E-state index contributed by atoms with van der Waals surface area (Å²) < 4.78 is 0. The third-order valence-electron chi connectivity index (χ3n) is 4.77. The highest BCUT2D eigenvalue weighted by Gasteiger charge is 2.49. The van der Waals surface area contributed by atoms with Gasteiger partial charge in [-0.2, -0.15) is 0 Å². The minimum Gasteiger partial charge on any atom is -0.478 e. The molecule has 0 amide bonds. The number of rotatable bonds is 2. The van der Waals surface area contributed by atoms with E-state index in [1.165, 1.54) is 6.07 Å². The van der Waals surface area contributed by atoms with E-state index in [1.54, 1.807) is 6.07 Å². The van der Waals surface area contributed by atoms with Gasteiger partial charge in [0.05, 0.1) is 11.1 Å². The van der Waals surface area contributed by atoms with E-state index in [1.807, 2.05) is 6.08 Å². The van der Waals surface area contributed by atoms with Gasteiger partial charge in [0, 0.05) is 11.8 Å². The van der Waals surface area contributed by atoms with Crippen LogP contribution >= 0.6 is 0 Å². The molecular weight excluding hydrogens is 256 g/mol. The van der Waals surface area contributed by atoms with Gasteiger partial charge in [-0.05, 0) is 29.0 Å². The number of hydrogen-bond acceptors (Lipinski definition) is 2. The van der Waals surface area contributed by atoms with Crippen LogP contribution in [0.5, 0.6) is 0 Å². The predicted molar refractivity (Wildman–Crippen MR) is 71.1 cm³/mol. The highest BCUT2D eigenvalue weighted by Crippen LogP contribution is 2.59. The molecule has 0 bridgehead atoms. The first-order valence-corrected chi connectivity index (χ1v) is 6.59. The van der Waals surface area contributed by atoms with Gasteiger partial charge in [-0.25, -0.2) is 9.59 Å². The monoisotopic (exact) mass is 268 g/mol. The van der Waals surface area contributed by atoms with E-state index < -0.39 is 11.9 Å². The molecule has 4 nitrogen and oxygen atoms in total. The second kappa shape index (κ2) is 3.60. The summed E-state index contributed by atoms with van der Waals surface area (Å²) in [6, 6.07) is 3.21. The lowest BCUT2D eigenvalue weighted by atomic mass is 9.87. The van der Waals surface area contributed by atoms with Crippen molar-refractivity contribution in [2.24, 2.45) is 11.8 Å². The van der Waals surface area contributed by atoms with Crippen LogP contribution in [0.25, 0.3) is 0 Å². The number of aromatic carboxylic acids is 2. The molecule has 20 heavy (non-hydrogen) atoms. The Labute approximate surface area is 115 Å². The third-order valence-corrected chi connectivity index (χ3v) is 4.77. The van der Waals surface area contributed by atoms with Crippen molar-refractivity contribution in [2.75, 3.05) is 0 Å². The molecule has 0 fully saturated rings. The van der Waals surface area contributed by atoms with Crippen LogP contribution in [0.15, 0.2) is 36.4 Å². The summed E-state index contributed by atoms with van der Waals surface area (Å²) >= 11 is 0. The van der Waals surface area contributed by atoms with E-state index in [0.717, 1.165) is 5.56 Å². The van der Waals surface area contributed by atoms with E-state index in [2.05, 4.69) is 18.2 Å². The van der Waals surface area contributed by atoms with Crippen LogP contribution in [-0.4, -0.2) is 22.2 Å². The van der Waals surface area contributed by atoms with Crippen LogP contribution in [0.2, 0.25) is 0 Å². The Hall–Kier alpha value is -2.36. The van der Waals surface area contributed by atoms with Crippen molar-refractivity contribution < 1.29 is 19.8 Å². The van der Waals surface area contributed by atoms with Crippen molar-refractivity contribution in [3.63, 3.8) is 0 Å². The molecule has 0 saturated carbocycles. The molecule has 2 N–H and O–H groups in total. The highest BCUT2D eigenvalue weighted by atomic mass is 16.4. The molecule has 3 aliphatic rings. The molecule has 0 radical (unpaired) electrons. The molecule has 0 spiro atoms. The summed E-state index contributed by atoms with van der Waals surface area (Å²) in [5, 5.41) is 18.7. The number of benzene rings is 1. The average molecular weight is 268 g/mol. The number of carboxylic acid groups (broad SMARTS) is 2. The fraction of sp³-hybridized carbons (Fsp3) is 0.250. The van der Waals surface area contributed by atoms with Gasteiger partial charge in [-0.1, -0.05) is 30.4 Å². The van der Waals surface area contributed by atoms with Gasteiger partial charge >= 0.3 is 11.9 Å². The summed E-state index contributed by atoms with van der Waals surface area (Å²) in [5.41, 5.74) is 1.53. The van der Waals surface area contributed by atoms with E-state index in [-0.39, 0.29) is 23.0 Å². The number of hydrogen-bond donors (Lipinski definition) is 2. The number of fused-ring (bicyclic) bond motifs is 3. The van der Waals surface area contributed by atoms with Crippen molar-refractivity contribution in [3.05, 3.63) is 58.7 Å². The molecule has 0 aromatic heterocycles. The molecule has 4 atom stereocenters. The summed E-state index contributed by atoms with van der Waals surface area (Å²) in [5.74, 6) is -1.40. The zero-order valence-corrected chi connectivity index (χ0v) is 10.5. The van der Waals surface area contributed by atoms with Crippen LogP contribution in [-0.2, 0) is 0 Å². The summed E-state index contributed by atoms with van der Waals surface area (Å²) in [4.78, 5) is 22.9. The van der Waals surface area contributed by atoms with Crippen molar-refractivity contribution in [2.45, 2.75) is 11.8 Å². The van der Waals surface area contributed by atoms with Gasteiger partial charge in [0.1, 0.15) is 0 Å². The first-order valence-electron chi connectivity index (χ1n) is 6.59. The molecule has 0 saturated heterocycles. The Balaban J connectivity index is 2.03. The van der Waals surface area contributed by atoms with Crippen molar-refractivity contribution in [1.82, 2.24) is 0 Å². The van der Waals surface area contributed by atoms with Gasteiger partial charge in [0.25, 0.3) is 0 Å². The minimum atomic E-state index is -1.18. The SMILES string of the molecule is O=C(O)c1ccc2c(c1C(=O)O)[C@@H]1C=C[C@@H]3C=C[C@H]2[C@@H]31. The van der Waals surface area contributed by atoms with Crippen LogP contribution < -0.4 is 0 Å². The first kappa shape index (κ1) is 11.5. The molecule has 0 aliphatic heterocycles. The van der Waals surface area contributed by atoms with Gasteiger partial charge in [-0.3, -0.25) is 0 Å². The largest absolute Gasteiger partial charge is 0.478 e. The highest BCUT2D eigenvalue weighted by molar-refractivity contribution is 6.03. The summed E-state index contributed by atoms with van der Waals surface area (Å²) in [6.45, 7) is 0. The van der Waals surface area contributed by atoms with Crippen LogP contribution in [0.1, 0.15) is 43.7 Å². The zero-order valence-electron chi connectivity index (χ0n) is 10.5. The minimum absolute atomic E-state index is 0.0281. The quantitative estimate of drug-likeness (QED) is 0.808. The topological polar surface area (TPSA) is 74.6 Å². The molecule has 4 rings (SSSR count). The molecule has 100 valence electrons. The third kappa shape index (κ3) is 1.21. The van der Waals surface area contributed by atoms with Crippen molar-refractivity contribution >= 4 is 11.9 Å². The Morgan fingerprint density at radius 2 is 1.60 bits per heavy atom. The Bertz CT molecular complexity index is 713. The van der Waals surface area contributed by atoms with Crippen LogP contribution in [0.4, 0.5) is 0 Å². The van der Waals surface area contributed by atoms with Crippen molar-refractivity contribution in [3.8, 4) is 0 Å². The molecule has 4 heteroatoms.